The highest BCUT2D eigenvalue weighted by Crippen LogP contribution is 2.29. The minimum atomic E-state index is -0.424. The maximum atomic E-state index is 11.8. The Hall–Kier alpha value is -2.70. The van der Waals surface area contributed by atoms with Crippen LogP contribution in [0.2, 0.25) is 5.02 Å². The Morgan fingerprint density at radius 3 is 2.54 bits per heavy atom. The number of hydrazone groups is 1. The number of anilines is 1. The van der Waals surface area contributed by atoms with Gasteiger partial charge in [-0.15, -0.1) is 0 Å². The Kier molecular flexibility index (Phi) is 5.99. The Morgan fingerprint density at radius 1 is 1.08 bits per heavy atom. The van der Waals surface area contributed by atoms with Crippen molar-refractivity contribution in [1.82, 2.24) is 5.43 Å². The van der Waals surface area contributed by atoms with E-state index in [0.29, 0.717) is 16.5 Å². The molecule has 0 radical (unpaired) electrons. The standard InChI is InChI=1S/C19H16ClN3O2S/c1-13-2-6-15(7-3-13)22-19(24)23-21-12-16-8-11-18(25-16)26-17-9-4-14(20)5-10-17/h2-12H,1H3,(H2,22,23,24)/b21-12+. The van der Waals surface area contributed by atoms with Crippen LogP contribution in [0.3, 0.4) is 0 Å². The van der Waals surface area contributed by atoms with Crippen molar-refractivity contribution in [2.75, 3.05) is 5.32 Å². The van der Waals surface area contributed by atoms with Crippen LogP contribution in [-0.2, 0) is 0 Å². The largest absolute Gasteiger partial charge is 0.448 e. The summed E-state index contributed by atoms with van der Waals surface area (Å²) in [6.07, 6.45) is 1.45. The number of hydrogen-bond donors (Lipinski definition) is 2. The zero-order valence-corrected chi connectivity index (χ0v) is 15.5. The van der Waals surface area contributed by atoms with Gasteiger partial charge in [0.25, 0.3) is 0 Å². The zero-order chi connectivity index (χ0) is 18.4. The van der Waals surface area contributed by atoms with Gasteiger partial charge < -0.3 is 9.73 Å². The molecule has 0 atom stereocenters. The number of carbonyl (C=O) groups excluding carboxylic acids is 1. The van der Waals surface area contributed by atoms with E-state index < -0.39 is 6.03 Å². The molecule has 0 saturated carbocycles. The van der Waals surface area contributed by atoms with E-state index in [-0.39, 0.29) is 0 Å². The molecule has 0 aliphatic heterocycles. The van der Waals surface area contributed by atoms with Gasteiger partial charge in [0, 0.05) is 15.6 Å². The van der Waals surface area contributed by atoms with Gasteiger partial charge in [-0.1, -0.05) is 41.1 Å². The van der Waals surface area contributed by atoms with Crippen molar-refractivity contribution < 1.29 is 9.21 Å². The number of carbonyl (C=O) groups is 1. The molecule has 0 aliphatic carbocycles. The van der Waals surface area contributed by atoms with E-state index in [1.165, 1.54) is 18.0 Å². The summed E-state index contributed by atoms with van der Waals surface area (Å²) in [6.45, 7) is 1.98. The fourth-order valence-electron chi connectivity index (χ4n) is 2.03. The summed E-state index contributed by atoms with van der Waals surface area (Å²) in [6, 6.07) is 18.2. The first-order valence-electron chi connectivity index (χ1n) is 7.78. The number of halogens is 1. The van der Waals surface area contributed by atoms with E-state index in [1.807, 2.05) is 61.5 Å². The van der Waals surface area contributed by atoms with E-state index in [9.17, 15) is 4.79 Å². The van der Waals surface area contributed by atoms with Crippen molar-refractivity contribution in [1.29, 1.82) is 0 Å². The third kappa shape index (κ3) is 5.40. The van der Waals surface area contributed by atoms with Crippen LogP contribution in [0.1, 0.15) is 11.3 Å². The average Bonchev–Trinajstić information content (AvgIpc) is 3.06. The molecule has 2 amide bonds. The summed E-state index contributed by atoms with van der Waals surface area (Å²) in [7, 11) is 0. The van der Waals surface area contributed by atoms with Gasteiger partial charge >= 0.3 is 6.03 Å². The van der Waals surface area contributed by atoms with E-state index >= 15 is 0 Å². The molecule has 132 valence electrons. The summed E-state index contributed by atoms with van der Waals surface area (Å²) >= 11 is 7.34. The van der Waals surface area contributed by atoms with Gasteiger partial charge in [-0.2, -0.15) is 5.10 Å². The van der Waals surface area contributed by atoms with Gasteiger partial charge in [0.05, 0.1) is 6.21 Å². The Morgan fingerprint density at radius 2 is 1.81 bits per heavy atom. The number of aryl methyl sites for hydroxylation is 1. The molecule has 2 N–H and O–H groups in total. The summed E-state index contributed by atoms with van der Waals surface area (Å²) in [5, 5.41) is 7.98. The molecule has 3 aromatic rings. The number of furan rings is 1. The zero-order valence-electron chi connectivity index (χ0n) is 13.9. The molecule has 0 saturated heterocycles. The van der Waals surface area contributed by atoms with Crippen molar-refractivity contribution in [3.8, 4) is 0 Å². The summed E-state index contributed by atoms with van der Waals surface area (Å²) in [5.74, 6) is 0.539. The Bertz CT molecular complexity index is 905. The molecule has 0 aliphatic rings. The molecule has 5 nitrogen and oxygen atoms in total. The van der Waals surface area contributed by atoms with Crippen molar-refractivity contribution in [2.45, 2.75) is 16.9 Å². The molecule has 2 aromatic carbocycles. The lowest BCUT2D eigenvalue weighted by atomic mass is 10.2. The number of amides is 2. The van der Waals surface area contributed by atoms with Crippen molar-refractivity contribution in [2.24, 2.45) is 5.10 Å². The highest BCUT2D eigenvalue weighted by molar-refractivity contribution is 7.99. The molecular formula is C19H16ClN3O2S. The number of nitrogens with zero attached hydrogens (tertiary/aromatic N) is 1. The highest BCUT2D eigenvalue weighted by atomic mass is 35.5. The lowest BCUT2D eigenvalue weighted by Crippen LogP contribution is -2.24. The average molecular weight is 386 g/mol. The molecule has 26 heavy (non-hydrogen) atoms. The van der Waals surface area contributed by atoms with Crippen LogP contribution in [0.4, 0.5) is 10.5 Å². The van der Waals surface area contributed by atoms with Crippen molar-refractivity contribution in [3.63, 3.8) is 0 Å². The predicted octanol–water partition coefficient (Wildman–Crippen LogP) is 5.55. The minimum absolute atomic E-state index is 0.424. The van der Waals surface area contributed by atoms with Crippen LogP contribution in [0.5, 0.6) is 0 Å². The molecule has 0 fully saturated rings. The monoisotopic (exact) mass is 385 g/mol. The molecule has 0 spiro atoms. The maximum absolute atomic E-state index is 11.8. The SMILES string of the molecule is Cc1ccc(NC(=O)N/N=C/c2ccc(Sc3ccc(Cl)cc3)o2)cc1. The molecule has 0 unspecified atom stereocenters. The van der Waals surface area contributed by atoms with Crippen molar-refractivity contribution in [3.05, 3.63) is 77.0 Å². The van der Waals surface area contributed by atoms with E-state index in [2.05, 4.69) is 15.8 Å². The second-order valence-electron chi connectivity index (χ2n) is 5.40. The predicted molar refractivity (Wildman–Crippen MR) is 105 cm³/mol. The second kappa shape index (κ2) is 8.60. The van der Waals surface area contributed by atoms with Crippen LogP contribution in [0, 0.1) is 6.92 Å². The molecule has 7 heteroatoms. The van der Waals surface area contributed by atoms with E-state index in [4.69, 9.17) is 16.0 Å². The summed E-state index contributed by atoms with van der Waals surface area (Å²) in [5.41, 5.74) is 4.22. The fraction of sp³-hybridized carbons (Fsp3) is 0.0526. The summed E-state index contributed by atoms with van der Waals surface area (Å²) in [4.78, 5) is 12.8. The van der Waals surface area contributed by atoms with Crippen LogP contribution < -0.4 is 10.7 Å². The van der Waals surface area contributed by atoms with Gasteiger partial charge in [0.15, 0.2) is 5.09 Å². The number of benzene rings is 2. The third-order valence-corrected chi connectivity index (χ3v) is 4.48. The first-order valence-corrected chi connectivity index (χ1v) is 8.98. The first kappa shape index (κ1) is 18.1. The lowest BCUT2D eigenvalue weighted by Gasteiger charge is -2.03. The topological polar surface area (TPSA) is 66.6 Å². The van der Waals surface area contributed by atoms with Crippen LogP contribution >= 0.6 is 23.4 Å². The molecule has 0 bridgehead atoms. The molecule has 1 heterocycles. The number of hydrogen-bond acceptors (Lipinski definition) is 4. The Balaban J connectivity index is 1.51. The van der Waals surface area contributed by atoms with Gasteiger partial charge in [0.1, 0.15) is 5.76 Å². The van der Waals surface area contributed by atoms with E-state index in [1.54, 1.807) is 6.07 Å². The van der Waals surface area contributed by atoms with Crippen molar-refractivity contribution >= 4 is 41.3 Å². The smallest absolute Gasteiger partial charge is 0.339 e. The number of nitrogens with one attached hydrogen (secondary N) is 2. The molecular weight excluding hydrogens is 370 g/mol. The lowest BCUT2D eigenvalue weighted by molar-refractivity contribution is 0.252. The highest BCUT2D eigenvalue weighted by Gasteiger charge is 2.04. The van der Waals surface area contributed by atoms with Gasteiger partial charge in [-0.3, -0.25) is 0 Å². The second-order valence-corrected chi connectivity index (χ2v) is 6.92. The fourth-order valence-corrected chi connectivity index (χ4v) is 2.93. The maximum Gasteiger partial charge on any atom is 0.339 e. The van der Waals surface area contributed by atoms with E-state index in [0.717, 1.165) is 15.6 Å². The van der Waals surface area contributed by atoms with Crippen LogP contribution in [-0.4, -0.2) is 12.2 Å². The Labute approximate surface area is 160 Å². The number of urea groups is 1. The minimum Gasteiger partial charge on any atom is -0.448 e. The normalized spacial score (nSPS) is 10.8. The van der Waals surface area contributed by atoms with Gasteiger partial charge in [-0.05, 0) is 55.5 Å². The van der Waals surface area contributed by atoms with Crippen LogP contribution in [0.15, 0.2) is 80.2 Å². The summed E-state index contributed by atoms with van der Waals surface area (Å²) < 4.78 is 5.64. The third-order valence-electron chi connectivity index (χ3n) is 3.30. The molecule has 1 aromatic heterocycles. The van der Waals surface area contributed by atoms with Crippen LogP contribution in [0.25, 0.3) is 0 Å². The van der Waals surface area contributed by atoms with Gasteiger partial charge in [0.2, 0.25) is 0 Å². The quantitative estimate of drug-likeness (QED) is 0.447. The number of rotatable bonds is 5. The first-order chi connectivity index (χ1) is 12.6. The van der Waals surface area contributed by atoms with Gasteiger partial charge in [-0.25, -0.2) is 10.2 Å². The molecule has 3 rings (SSSR count).